The highest BCUT2D eigenvalue weighted by atomic mass is 79.9. The van der Waals surface area contributed by atoms with Crippen molar-refractivity contribution >= 4 is 15.9 Å². The molecule has 1 aromatic carbocycles. The minimum atomic E-state index is -0.448. The molecule has 0 aliphatic rings. The van der Waals surface area contributed by atoms with E-state index in [1.54, 1.807) is 6.26 Å². The first kappa shape index (κ1) is 15.3. The van der Waals surface area contributed by atoms with Crippen LogP contribution < -0.4 is 0 Å². The Hall–Kier alpha value is -1.10. The molecule has 0 radical (unpaired) electrons. The van der Waals surface area contributed by atoms with Crippen molar-refractivity contribution in [3.8, 4) is 0 Å². The van der Waals surface area contributed by atoms with Crippen LogP contribution in [-0.2, 0) is 6.54 Å². The number of halogens is 1. The number of nitrogens with zero attached hydrogens (tertiary/aromatic N) is 1. The van der Waals surface area contributed by atoms with Crippen molar-refractivity contribution in [2.24, 2.45) is 0 Å². The van der Waals surface area contributed by atoms with Gasteiger partial charge in [0, 0.05) is 11.0 Å². The molecule has 0 fully saturated rings. The molecule has 1 heterocycles. The highest BCUT2D eigenvalue weighted by Crippen LogP contribution is 2.25. The molecular formula is C16H20BrNO2. The van der Waals surface area contributed by atoms with Gasteiger partial charge in [0.2, 0.25) is 0 Å². The van der Waals surface area contributed by atoms with Crippen molar-refractivity contribution < 1.29 is 9.52 Å². The molecule has 1 unspecified atom stereocenters. The van der Waals surface area contributed by atoms with Gasteiger partial charge in [0.25, 0.3) is 0 Å². The van der Waals surface area contributed by atoms with Crippen molar-refractivity contribution in [2.45, 2.75) is 26.0 Å². The smallest absolute Gasteiger partial charge is 0.117 e. The SMILES string of the molecule is CCN(CCC(O)c1ccccc1Br)Cc1ccco1. The molecule has 4 heteroatoms. The standard InChI is InChI=1S/C16H20BrNO2/c1-2-18(12-13-6-5-11-20-13)10-9-16(19)14-7-3-4-8-15(14)17/h3-8,11,16,19H,2,9-10,12H2,1H3. The molecule has 1 atom stereocenters. The lowest BCUT2D eigenvalue weighted by molar-refractivity contribution is 0.138. The van der Waals surface area contributed by atoms with E-state index in [2.05, 4.69) is 27.8 Å². The summed E-state index contributed by atoms with van der Waals surface area (Å²) in [6.45, 7) is 4.67. The molecule has 20 heavy (non-hydrogen) atoms. The maximum absolute atomic E-state index is 10.3. The lowest BCUT2D eigenvalue weighted by Crippen LogP contribution is -2.25. The molecule has 0 aliphatic carbocycles. The summed E-state index contributed by atoms with van der Waals surface area (Å²) >= 11 is 3.48. The quantitative estimate of drug-likeness (QED) is 0.829. The van der Waals surface area contributed by atoms with Crippen LogP contribution in [0.4, 0.5) is 0 Å². The fourth-order valence-electron chi connectivity index (χ4n) is 2.18. The average Bonchev–Trinajstić information content (AvgIpc) is 2.96. The zero-order valence-corrected chi connectivity index (χ0v) is 13.2. The second-order valence-corrected chi connectivity index (χ2v) is 5.63. The summed E-state index contributed by atoms with van der Waals surface area (Å²) in [5.41, 5.74) is 0.946. The van der Waals surface area contributed by atoms with Crippen molar-refractivity contribution in [3.05, 3.63) is 58.5 Å². The first-order valence-electron chi connectivity index (χ1n) is 6.88. The van der Waals surface area contributed by atoms with E-state index in [9.17, 15) is 5.11 Å². The highest BCUT2D eigenvalue weighted by molar-refractivity contribution is 9.10. The lowest BCUT2D eigenvalue weighted by atomic mass is 10.1. The van der Waals surface area contributed by atoms with E-state index in [4.69, 9.17) is 4.42 Å². The number of hydrogen-bond donors (Lipinski definition) is 1. The third-order valence-corrected chi connectivity index (χ3v) is 4.11. The van der Waals surface area contributed by atoms with Crippen LogP contribution in [-0.4, -0.2) is 23.1 Å². The molecule has 108 valence electrons. The van der Waals surface area contributed by atoms with Crippen LogP contribution in [0.3, 0.4) is 0 Å². The van der Waals surface area contributed by atoms with E-state index >= 15 is 0 Å². The second-order valence-electron chi connectivity index (χ2n) is 4.77. The molecule has 0 amide bonds. The van der Waals surface area contributed by atoms with Crippen LogP contribution in [0, 0.1) is 0 Å². The van der Waals surface area contributed by atoms with E-state index in [-0.39, 0.29) is 0 Å². The maximum Gasteiger partial charge on any atom is 0.117 e. The van der Waals surface area contributed by atoms with Gasteiger partial charge in [-0.3, -0.25) is 4.90 Å². The van der Waals surface area contributed by atoms with Crippen LogP contribution in [0.25, 0.3) is 0 Å². The number of hydrogen-bond acceptors (Lipinski definition) is 3. The zero-order valence-electron chi connectivity index (χ0n) is 11.6. The van der Waals surface area contributed by atoms with Crippen molar-refractivity contribution in [3.63, 3.8) is 0 Å². The maximum atomic E-state index is 10.3. The van der Waals surface area contributed by atoms with Crippen LogP contribution in [0.1, 0.15) is 30.8 Å². The van der Waals surface area contributed by atoms with E-state index in [1.807, 2.05) is 36.4 Å². The van der Waals surface area contributed by atoms with Crippen molar-refractivity contribution in [1.82, 2.24) is 4.90 Å². The van der Waals surface area contributed by atoms with Crippen LogP contribution in [0.15, 0.2) is 51.6 Å². The number of furan rings is 1. The van der Waals surface area contributed by atoms with Gasteiger partial charge in [0.15, 0.2) is 0 Å². The molecule has 2 rings (SSSR count). The largest absolute Gasteiger partial charge is 0.468 e. The summed E-state index contributed by atoms with van der Waals surface area (Å²) < 4.78 is 6.32. The predicted octanol–water partition coefficient (Wildman–Crippen LogP) is 3.99. The zero-order chi connectivity index (χ0) is 14.4. The molecular weight excluding hydrogens is 318 g/mol. The minimum Gasteiger partial charge on any atom is -0.468 e. The van der Waals surface area contributed by atoms with E-state index in [1.165, 1.54) is 0 Å². The van der Waals surface area contributed by atoms with Crippen LogP contribution in [0.5, 0.6) is 0 Å². The Morgan fingerprint density at radius 1 is 1.25 bits per heavy atom. The van der Waals surface area contributed by atoms with Gasteiger partial charge in [-0.05, 0) is 36.7 Å². The van der Waals surface area contributed by atoms with Crippen molar-refractivity contribution in [1.29, 1.82) is 0 Å². The summed E-state index contributed by atoms with van der Waals surface area (Å²) in [6, 6.07) is 11.7. The monoisotopic (exact) mass is 337 g/mol. The lowest BCUT2D eigenvalue weighted by Gasteiger charge is -2.21. The first-order chi connectivity index (χ1) is 9.70. The Bertz CT molecular complexity index is 513. The van der Waals surface area contributed by atoms with Gasteiger partial charge in [-0.2, -0.15) is 0 Å². The molecule has 0 bridgehead atoms. The normalized spacial score (nSPS) is 12.8. The Labute approximate surface area is 128 Å². The summed E-state index contributed by atoms with van der Waals surface area (Å²) in [5, 5.41) is 10.3. The Kier molecular flexibility index (Phi) is 5.83. The number of rotatable bonds is 7. The second kappa shape index (κ2) is 7.62. The predicted molar refractivity (Wildman–Crippen MR) is 83.4 cm³/mol. The van der Waals surface area contributed by atoms with E-state index < -0.39 is 6.10 Å². The highest BCUT2D eigenvalue weighted by Gasteiger charge is 2.13. The third-order valence-electron chi connectivity index (χ3n) is 3.39. The van der Waals surface area contributed by atoms with Gasteiger partial charge in [-0.1, -0.05) is 41.1 Å². The van der Waals surface area contributed by atoms with Crippen LogP contribution >= 0.6 is 15.9 Å². The Morgan fingerprint density at radius 3 is 2.70 bits per heavy atom. The van der Waals surface area contributed by atoms with E-state index in [0.717, 1.165) is 35.4 Å². The van der Waals surface area contributed by atoms with Gasteiger partial charge in [-0.15, -0.1) is 0 Å². The number of aliphatic hydroxyl groups excluding tert-OH is 1. The third kappa shape index (κ3) is 4.20. The molecule has 3 nitrogen and oxygen atoms in total. The fourth-order valence-corrected chi connectivity index (χ4v) is 2.73. The van der Waals surface area contributed by atoms with Crippen molar-refractivity contribution in [2.75, 3.05) is 13.1 Å². The number of aliphatic hydroxyl groups is 1. The molecule has 2 aromatic rings. The van der Waals surface area contributed by atoms with Gasteiger partial charge in [-0.25, -0.2) is 0 Å². The molecule has 0 saturated carbocycles. The average molecular weight is 338 g/mol. The van der Waals surface area contributed by atoms with Gasteiger partial charge in [0.1, 0.15) is 5.76 Å². The summed E-state index contributed by atoms with van der Waals surface area (Å²) in [4.78, 5) is 2.26. The van der Waals surface area contributed by atoms with E-state index in [0.29, 0.717) is 6.42 Å². The topological polar surface area (TPSA) is 36.6 Å². The summed E-state index contributed by atoms with van der Waals surface area (Å²) in [6.07, 6.45) is 1.95. The number of benzene rings is 1. The van der Waals surface area contributed by atoms with Gasteiger partial charge < -0.3 is 9.52 Å². The summed E-state index contributed by atoms with van der Waals surface area (Å²) in [5.74, 6) is 0.960. The minimum absolute atomic E-state index is 0.448. The van der Waals surface area contributed by atoms with Gasteiger partial charge in [0.05, 0.1) is 18.9 Å². The molecule has 0 spiro atoms. The molecule has 0 aliphatic heterocycles. The van der Waals surface area contributed by atoms with Gasteiger partial charge >= 0.3 is 0 Å². The molecule has 1 aromatic heterocycles. The molecule has 1 N–H and O–H groups in total. The Balaban J connectivity index is 1.88. The first-order valence-corrected chi connectivity index (χ1v) is 7.67. The Morgan fingerprint density at radius 2 is 2.05 bits per heavy atom. The fraction of sp³-hybridized carbons (Fsp3) is 0.375. The summed E-state index contributed by atoms with van der Waals surface area (Å²) in [7, 11) is 0. The van der Waals surface area contributed by atoms with Crippen LogP contribution in [0.2, 0.25) is 0 Å². The molecule has 0 saturated heterocycles.